The third kappa shape index (κ3) is 2.27. The van der Waals surface area contributed by atoms with Gasteiger partial charge in [0.25, 0.3) is 0 Å². The van der Waals surface area contributed by atoms with Crippen LogP contribution in [0.1, 0.15) is 33.1 Å². The summed E-state index contributed by atoms with van der Waals surface area (Å²) in [5.74, 6) is -0.462. The highest BCUT2D eigenvalue weighted by atomic mass is 16.4. The topological polar surface area (TPSA) is 87.3 Å². The number of hydrogen-bond acceptors (Lipinski definition) is 5. The van der Waals surface area contributed by atoms with Gasteiger partial charge in [0.05, 0.1) is 16.9 Å². The zero-order chi connectivity index (χ0) is 14.3. The van der Waals surface area contributed by atoms with Crippen LogP contribution in [0.5, 0.6) is 0 Å². The van der Waals surface area contributed by atoms with Crippen LogP contribution in [0.15, 0.2) is 21.3 Å². The molecule has 0 saturated carbocycles. The number of fused-ring (bicyclic) bond motifs is 1. The Bertz CT molecular complexity index is 665. The first-order valence-corrected chi connectivity index (χ1v) is 7.02. The first-order chi connectivity index (χ1) is 9.54. The van der Waals surface area contributed by atoms with Gasteiger partial charge in [0, 0.05) is 18.2 Å². The second-order valence-electron chi connectivity index (χ2n) is 5.60. The number of aromatic nitrogens is 1. The smallest absolute Gasteiger partial charge is 0.408 e. The van der Waals surface area contributed by atoms with Gasteiger partial charge in [-0.05, 0) is 32.8 Å². The van der Waals surface area contributed by atoms with Crippen LogP contribution in [0.25, 0.3) is 11.1 Å². The molecule has 6 heteroatoms. The zero-order valence-electron chi connectivity index (χ0n) is 11.8. The number of nitrogen functional groups attached to an aromatic ring is 1. The van der Waals surface area contributed by atoms with Gasteiger partial charge >= 0.3 is 5.76 Å². The molecule has 1 aromatic carbocycles. The van der Waals surface area contributed by atoms with E-state index in [-0.39, 0.29) is 0 Å². The molecule has 0 radical (unpaired) electrons. The van der Waals surface area contributed by atoms with E-state index in [4.69, 9.17) is 10.2 Å². The second kappa shape index (κ2) is 4.86. The van der Waals surface area contributed by atoms with Crippen molar-refractivity contribution in [3.8, 4) is 0 Å². The minimum atomic E-state index is -0.462. The molecule has 2 heterocycles. The summed E-state index contributed by atoms with van der Waals surface area (Å²) in [5.41, 5.74) is 11.9. The Balaban J connectivity index is 1.93. The highest BCUT2D eigenvalue weighted by Gasteiger charge is 2.25. The van der Waals surface area contributed by atoms with Crippen LogP contribution >= 0.6 is 0 Å². The Hall–Kier alpha value is -1.95. The van der Waals surface area contributed by atoms with E-state index in [9.17, 15) is 4.79 Å². The molecule has 1 aliphatic heterocycles. The summed E-state index contributed by atoms with van der Waals surface area (Å²) in [6, 6.07) is 4.41. The molecular formula is C14H20N4O2. The maximum atomic E-state index is 11.2. The quantitative estimate of drug-likeness (QED) is 0.732. The summed E-state index contributed by atoms with van der Waals surface area (Å²) >= 11 is 0. The average molecular weight is 276 g/mol. The number of nitrogens with two attached hydrogens (primary N) is 1. The van der Waals surface area contributed by atoms with Crippen molar-refractivity contribution in [1.29, 1.82) is 0 Å². The van der Waals surface area contributed by atoms with E-state index in [1.807, 2.05) is 6.07 Å². The number of oxazole rings is 1. The number of aromatic amines is 1. The van der Waals surface area contributed by atoms with Crippen molar-refractivity contribution in [3.63, 3.8) is 0 Å². The van der Waals surface area contributed by atoms with Gasteiger partial charge < -0.3 is 15.6 Å². The fourth-order valence-corrected chi connectivity index (χ4v) is 2.89. The number of H-pyrrole nitrogens is 1. The second-order valence-corrected chi connectivity index (χ2v) is 5.60. The summed E-state index contributed by atoms with van der Waals surface area (Å²) in [6.45, 7) is 4.41. The van der Waals surface area contributed by atoms with Gasteiger partial charge in [-0.25, -0.2) is 9.80 Å². The number of hydrazine groups is 1. The normalized spacial score (nSPS) is 24.1. The molecule has 1 fully saturated rings. The molecule has 0 aliphatic carbocycles. The lowest BCUT2D eigenvalue weighted by atomic mass is 10.00. The third-order valence-corrected chi connectivity index (χ3v) is 4.03. The first-order valence-electron chi connectivity index (χ1n) is 7.02. The van der Waals surface area contributed by atoms with Gasteiger partial charge in [0.2, 0.25) is 0 Å². The van der Waals surface area contributed by atoms with Gasteiger partial charge in [0.15, 0.2) is 5.58 Å². The number of piperidine rings is 1. The third-order valence-electron chi connectivity index (χ3n) is 4.03. The molecular weight excluding hydrogens is 256 g/mol. The zero-order valence-corrected chi connectivity index (χ0v) is 11.8. The number of benzene rings is 1. The van der Waals surface area contributed by atoms with Crippen LogP contribution in [-0.2, 0) is 0 Å². The lowest BCUT2D eigenvalue weighted by Gasteiger charge is -2.39. The summed E-state index contributed by atoms with van der Waals surface area (Å²) in [4.78, 5) is 13.9. The van der Waals surface area contributed by atoms with Crippen LogP contribution in [0.2, 0.25) is 0 Å². The van der Waals surface area contributed by atoms with Gasteiger partial charge in [-0.2, -0.15) is 0 Å². The molecule has 0 bridgehead atoms. The Labute approximate surface area is 116 Å². The minimum Gasteiger partial charge on any atom is -0.408 e. The monoisotopic (exact) mass is 276 g/mol. The summed E-state index contributed by atoms with van der Waals surface area (Å²) in [6.07, 6.45) is 3.59. The van der Waals surface area contributed by atoms with Crippen molar-refractivity contribution >= 4 is 22.5 Å². The van der Waals surface area contributed by atoms with Crippen molar-refractivity contribution in [3.05, 3.63) is 22.7 Å². The molecule has 2 atom stereocenters. The average Bonchev–Trinajstić information content (AvgIpc) is 2.73. The van der Waals surface area contributed by atoms with E-state index in [1.165, 1.54) is 19.3 Å². The van der Waals surface area contributed by atoms with Crippen LogP contribution in [0, 0.1) is 0 Å². The lowest BCUT2D eigenvalue weighted by Crippen LogP contribution is -2.47. The van der Waals surface area contributed by atoms with Crippen LogP contribution < -0.4 is 16.9 Å². The molecule has 0 amide bonds. The van der Waals surface area contributed by atoms with E-state index in [0.717, 1.165) is 5.69 Å². The molecule has 20 heavy (non-hydrogen) atoms. The van der Waals surface area contributed by atoms with Crippen molar-refractivity contribution in [2.24, 2.45) is 0 Å². The maximum Gasteiger partial charge on any atom is 0.417 e. The Morgan fingerprint density at radius 1 is 1.35 bits per heavy atom. The number of hydrogen-bond donors (Lipinski definition) is 3. The van der Waals surface area contributed by atoms with Crippen LogP contribution in [0.4, 0.5) is 11.4 Å². The van der Waals surface area contributed by atoms with E-state index in [2.05, 4.69) is 29.3 Å². The molecule has 4 N–H and O–H groups in total. The Kier molecular flexibility index (Phi) is 3.17. The Morgan fingerprint density at radius 2 is 2.05 bits per heavy atom. The van der Waals surface area contributed by atoms with Crippen molar-refractivity contribution < 1.29 is 4.42 Å². The predicted molar refractivity (Wildman–Crippen MR) is 79.5 cm³/mol. The number of rotatable bonds is 2. The van der Waals surface area contributed by atoms with E-state index in [0.29, 0.717) is 28.9 Å². The largest absolute Gasteiger partial charge is 0.417 e. The highest BCUT2D eigenvalue weighted by molar-refractivity contribution is 5.84. The van der Waals surface area contributed by atoms with Crippen molar-refractivity contribution in [1.82, 2.24) is 9.99 Å². The fraction of sp³-hybridized carbons (Fsp3) is 0.500. The molecule has 0 spiro atoms. The van der Waals surface area contributed by atoms with E-state index < -0.39 is 5.76 Å². The lowest BCUT2D eigenvalue weighted by molar-refractivity contribution is 0.136. The fourth-order valence-electron chi connectivity index (χ4n) is 2.89. The van der Waals surface area contributed by atoms with Crippen LogP contribution in [-0.4, -0.2) is 22.1 Å². The SMILES string of the molecule is CC1CCCC(C)N1Nc1cc2[nH]c(=O)oc2cc1N. The summed E-state index contributed by atoms with van der Waals surface area (Å²) in [5, 5.41) is 2.24. The standard InChI is InChI=1S/C14H20N4O2/c1-8-4-3-5-9(2)18(8)17-11-7-12-13(6-10(11)15)20-14(19)16-12/h6-9,17H,3-5,15H2,1-2H3,(H,16,19). The molecule has 1 aliphatic rings. The maximum absolute atomic E-state index is 11.2. The van der Waals surface area contributed by atoms with Gasteiger partial charge in [-0.15, -0.1) is 0 Å². The van der Waals surface area contributed by atoms with Crippen molar-refractivity contribution in [2.45, 2.75) is 45.2 Å². The minimum absolute atomic E-state index is 0.456. The van der Waals surface area contributed by atoms with Crippen molar-refractivity contribution in [2.75, 3.05) is 11.2 Å². The predicted octanol–water partition coefficient (Wildman–Crippen LogP) is 2.29. The molecule has 108 valence electrons. The summed E-state index contributed by atoms with van der Waals surface area (Å²) < 4.78 is 5.00. The summed E-state index contributed by atoms with van der Waals surface area (Å²) in [7, 11) is 0. The first kappa shape index (κ1) is 13.1. The van der Waals surface area contributed by atoms with Gasteiger partial charge in [0.1, 0.15) is 0 Å². The molecule has 1 aromatic heterocycles. The number of nitrogens with zero attached hydrogens (tertiary/aromatic N) is 1. The van der Waals surface area contributed by atoms with E-state index in [1.54, 1.807) is 6.07 Å². The van der Waals surface area contributed by atoms with Gasteiger partial charge in [-0.1, -0.05) is 6.42 Å². The Morgan fingerprint density at radius 3 is 2.75 bits per heavy atom. The number of nitrogens with one attached hydrogen (secondary N) is 2. The van der Waals surface area contributed by atoms with E-state index >= 15 is 0 Å². The molecule has 2 unspecified atom stereocenters. The number of anilines is 2. The highest BCUT2D eigenvalue weighted by Crippen LogP contribution is 2.28. The molecule has 3 rings (SSSR count). The molecule has 1 saturated heterocycles. The molecule has 6 nitrogen and oxygen atoms in total. The molecule has 2 aromatic rings. The van der Waals surface area contributed by atoms with Gasteiger partial charge in [-0.3, -0.25) is 4.98 Å². The van der Waals surface area contributed by atoms with Crippen LogP contribution in [0.3, 0.4) is 0 Å².